The molecule has 0 unspecified atom stereocenters. The minimum absolute atomic E-state index is 0.367. The van der Waals surface area contributed by atoms with Gasteiger partial charge in [0.05, 0.1) is 0 Å². The molecule has 15 heavy (non-hydrogen) atoms. The van der Waals surface area contributed by atoms with Crippen molar-refractivity contribution in [1.29, 1.82) is 0 Å². The standard InChI is InChI=1S/C14H23N/c1-11-6-14(10-13(3,4)5)7-12(2)9-15(14)8-11/h1-2,6-10H2,3-5H3. The van der Waals surface area contributed by atoms with Crippen LogP contribution in [-0.2, 0) is 0 Å². The fourth-order valence-electron chi connectivity index (χ4n) is 3.48. The Balaban J connectivity index is 2.23. The Morgan fingerprint density at radius 1 is 1.13 bits per heavy atom. The summed E-state index contributed by atoms with van der Waals surface area (Å²) in [5, 5.41) is 0. The summed E-state index contributed by atoms with van der Waals surface area (Å²) in [6.07, 6.45) is 3.63. The molecule has 0 bridgehead atoms. The van der Waals surface area contributed by atoms with Crippen molar-refractivity contribution in [3.05, 3.63) is 24.3 Å². The second kappa shape index (κ2) is 3.21. The van der Waals surface area contributed by atoms with E-state index in [1.807, 2.05) is 0 Å². The molecule has 0 spiro atoms. The lowest BCUT2D eigenvalue weighted by atomic mass is 9.77. The van der Waals surface area contributed by atoms with Gasteiger partial charge in [0, 0.05) is 18.6 Å². The number of hydrogen-bond acceptors (Lipinski definition) is 1. The van der Waals surface area contributed by atoms with Crippen molar-refractivity contribution in [2.24, 2.45) is 5.41 Å². The maximum absolute atomic E-state index is 4.17. The van der Waals surface area contributed by atoms with Crippen LogP contribution in [0.25, 0.3) is 0 Å². The number of hydrogen-bond donors (Lipinski definition) is 0. The van der Waals surface area contributed by atoms with E-state index < -0.39 is 0 Å². The van der Waals surface area contributed by atoms with Gasteiger partial charge < -0.3 is 0 Å². The smallest absolute Gasteiger partial charge is 0.0296 e. The summed E-state index contributed by atoms with van der Waals surface area (Å²) in [4.78, 5) is 2.60. The van der Waals surface area contributed by atoms with E-state index in [4.69, 9.17) is 0 Å². The molecular formula is C14H23N. The highest BCUT2D eigenvalue weighted by Gasteiger charge is 2.48. The van der Waals surface area contributed by atoms with Crippen molar-refractivity contribution in [2.45, 2.75) is 45.6 Å². The summed E-state index contributed by atoms with van der Waals surface area (Å²) in [5.41, 5.74) is 3.58. The minimum Gasteiger partial charge on any atom is -0.289 e. The van der Waals surface area contributed by atoms with E-state index >= 15 is 0 Å². The molecule has 2 aliphatic rings. The van der Waals surface area contributed by atoms with Crippen LogP contribution < -0.4 is 0 Å². The zero-order valence-corrected chi connectivity index (χ0v) is 10.4. The average Bonchev–Trinajstić information content (AvgIpc) is 2.33. The monoisotopic (exact) mass is 205 g/mol. The molecule has 0 aromatic rings. The summed E-state index contributed by atoms with van der Waals surface area (Å²) >= 11 is 0. The van der Waals surface area contributed by atoms with E-state index in [0.717, 1.165) is 13.1 Å². The van der Waals surface area contributed by atoms with E-state index in [0.29, 0.717) is 11.0 Å². The Kier molecular flexibility index (Phi) is 2.34. The molecule has 0 atom stereocenters. The van der Waals surface area contributed by atoms with Gasteiger partial charge in [0.2, 0.25) is 0 Å². The Hall–Kier alpha value is -0.560. The lowest BCUT2D eigenvalue weighted by molar-refractivity contribution is 0.130. The molecule has 0 amide bonds. The molecule has 0 radical (unpaired) electrons. The van der Waals surface area contributed by atoms with Crippen LogP contribution in [0.1, 0.15) is 40.0 Å². The van der Waals surface area contributed by atoms with Crippen LogP contribution >= 0.6 is 0 Å². The fraction of sp³-hybridized carbons (Fsp3) is 0.714. The summed E-state index contributed by atoms with van der Waals surface area (Å²) in [7, 11) is 0. The third kappa shape index (κ3) is 2.03. The van der Waals surface area contributed by atoms with Crippen molar-refractivity contribution >= 4 is 0 Å². The molecule has 2 saturated heterocycles. The van der Waals surface area contributed by atoms with E-state index in [1.165, 1.54) is 30.4 Å². The quantitative estimate of drug-likeness (QED) is 0.593. The molecular weight excluding hydrogens is 182 g/mol. The molecule has 0 aromatic carbocycles. The SMILES string of the molecule is C=C1CN2CC(=C)CC2(CC(C)(C)C)C1. The third-order valence-electron chi connectivity index (χ3n) is 3.52. The second-order valence-electron chi connectivity index (χ2n) is 6.67. The van der Waals surface area contributed by atoms with Crippen LogP contribution in [0.3, 0.4) is 0 Å². The molecule has 2 fully saturated rings. The summed E-state index contributed by atoms with van der Waals surface area (Å²) in [5.74, 6) is 0. The largest absolute Gasteiger partial charge is 0.289 e. The van der Waals surface area contributed by atoms with Crippen molar-refractivity contribution in [2.75, 3.05) is 13.1 Å². The van der Waals surface area contributed by atoms with Crippen LogP contribution in [0.2, 0.25) is 0 Å². The summed E-state index contributed by atoms with van der Waals surface area (Å²) in [6, 6.07) is 0. The van der Waals surface area contributed by atoms with Gasteiger partial charge in [-0.25, -0.2) is 0 Å². The lowest BCUT2D eigenvalue weighted by Gasteiger charge is -2.37. The molecule has 2 heterocycles. The summed E-state index contributed by atoms with van der Waals surface area (Å²) < 4.78 is 0. The van der Waals surface area contributed by atoms with Gasteiger partial charge in [-0.2, -0.15) is 0 Å². The predicted octanol–water partition coefficient (Wildman–Crippen LogP) is 3.38. The molecule has 2 rings (SSSR count). The molecule has 1 heteroatoms. The predicted molar refractivity (Wildman–Crippen MR) is 65.9 cm³/mol. The van der Waals surface area contributed by atoms with Crippen molar-refractivity contribution in [3.8, 4) is 0 Å². The van der Waals surface area contributed by atoms with Gasteiger partial charge in [0.1, 0.15) is 0 Å². The minimum atomic E-state index is 0.367. The Labute approximate surface area is 93.9 Å². The highest BCUT2D eigenvalue weighted by atomic mass is 15.2. The lowest BCUT2D eigenvalue weighted by Crippen LogP contribution is -2.41. The van der Waals surface area contributed by atoms with Gasteiger partial charge in [-0.1, -0.05) is 45.1 Å². The fourth-order valence-corrected chi connectivity index (χ4v) is 3.48. The van der Waals surface area contributed by atoms with Crippen LogP contribution in [0.5, 0.6) is 0 Å². The zero-order valence-electron chi connectivity index (χ0n) is 10.4. The van der Waals surface area contributed by atoms with Crippen LogP contribution in [0.15, 0.2) is 24.3 Å². The van der Waals surface area contributed by atoms with Gasteiger partial charge in [0.15, 0.2) is 0 Å². The molecule has 0 N–H and O–H groups in total. The maximum Gasteiger partial charge on any atom is 0.0296 e. The number of rotatable bonds is 1. The Morgan fingerprint density at radius 3 is 2.00 bits per heavy atom. The molecule has 0 saturated carbocycles. The van der Waals surface area contributed by atoms with Gasteiger partial charge in [-0.05, 0) is 24.7 Å². The van der Waals surface area contributed by atoms with Gasteiger partial charge in [0.25, 0.3) is 0 Å². The van der Waals surface area contributed by atoms with Crippen molar-refractivity contribution in [3.63, 3.8) is 0 Å². The first-order valence-corrected chi connectivity index (χ1v) is 5.89. The van der Waals surface area contributed by atoms with E-state index in [-0.39, 0.29) is 0 Å². The van der Waals surface area contributed by atoms with E-state index in [1.54, 1.807) is 0 Å². The van der Waals surface area contributed by atoms with Crippen molar-refractivity contribution in [1.82, 2.24) is 4.90 Å². The summed E-state index contributed by atoms with van der Waals surface area (Å²) in [6.45, 7) is 17.5. The second-order valence-corrected chi connectivity index (χ2v) is 6.67. The van der Waals surface area contributed by atoms with E-state index in [2.05, 4.69) is 38.8 Å². The highest BCUT2D eigenvalue weighted by Crippen LogP contribution is 2.48. The van der Waals surface area contributed by atoms with E-state index in [9.17, 15) is 0 Å². The zero-order chi connectivity index (χ0) is 11.3. The van der Waals surface area contributed by atoms with Gasteiger partial charge >= 0.3 is 0 Å². The normalized spacial score (nSPS) is 26.1. The highest BCUT2D eigenvalue weighted by molar-refractivity contribution is 5.26. The first-order valence-electron chi connectivity index (χ1n) is 5.89. The average molecular weight is 205 g/mol. The molecule has 84 valence electrons. The molecule has 0 aromatic heterocycles. The number of nitrogens with zero attached hydrogens (tertiary/aromatic N) is 1. The third-order valence-corrected chi connectivity index (χ3v) is 3.52. The molecule has 1 nitrogen and oxygen atoms in total. The maximum atomic E-state index is 4.17. The van der Waals surface area contributed by atoms with Gasteiger partial charge in [-0.15, -0.1) is 0 Å². The Bertz CT molecular complexity index is 286. The van der Waals surface area contributed by atoms with Crippen molar-refractivity contribution < 1.29 is 0 Å². The first-order chi connectivity index (χ1) is 6.81. The van der Waals surface area contributed by atoms with Crippen LogP contribution in [0, 0.1) is 5.41 Å². The topological polar surface area (TPSA) is 3.24 Å². The number of fused-ring (bicyclic) bond motifs is 1. The van der Waals surface area contributed by atoms with Crippen LogP contribution in [-0.4, -0.2) is 23.5 Å². The van der Waals surface area contributed by atoms with Gasteiger partial charge in [-0.3, -0.25) is 4.90 Å². The molecule has 2 aliphatic heterocycles. The molecule has 0 aliphatic carbocycles. The first kappa shape index (κ1) is 10.9. The Morgan fingerprint density at radius 2 is 1.60 bits per heavy atom. The van der Waals surface area contributed by atoms with Crippen LogP contribution in [0.4, 0.5) is 0 Å².